The van der Waals surface area contributed by atoms with Crippen molar-refractivity contribution in [2.45, 2.75) is 65.5 Å². The molecule has 25 heavy (non-hydrogen) atoms. The summed E-state index contributed by atoms with van der Waals surface area (Å²) in [7, 11) is 0. The Bertz CT molecular complexity index is 625. The molecule has 0 bridgehead atoms. The number of carbonyl (C=O) groups is 2. The van der Waals surface area contributed by atoms with Crippen LogP contribution in [0.3, 0.4) is 0 Å². The largest absolute Gasteiger partial charge is 0.443 e. The van der Waals surface area contributed by atoms with Crippen LogP contribution >= 0.6 is 0 Å². The second kappa shape index (κ2) is 7.85. The van der Waals surface area contributed by atoms with E-state index < -0.39 is 11.7 Å². The quantitative estimate of drug-likeness (QED) is 0.828. The first-order chi connectivity index (χ1) is 11.7. The van der Waals surface area contributed by atoms with Crippen LogP contribution in [0.15, 0.2) is 18.3 Å². The van der Waals surface area contributed by atoms with Crippen molar-refractivity contribution in [1.82, 2.24) is 9.88 Å². The van der Waals surface area contributed by atoms with E-state index in [0.717, 1.165) is 31.4 Å². The van der Waals surface area contributed by atoms with Gasteiger partial charge in [-0.15, -0.1) is 0 Å². The normalized spacial score (nSPS) is 17.5. The third-order valence-corrected chi connectivity index (χ3v) is 4.15. The summed E-state index contributed by atoms with van der Waals surface area (Å²) in [5.41, 5.74) is 0.339. The zero-order valence-electron chi connectivity index (χ0n) is 15.9. The van der Waals surface area contributed by atoms with E-state index in [2.05, 4.69) is 4.98 Å². The Kier molecular flexibility index (Phi) is 6.03. The van der Waals surface area contributed by atoms with Crippen LogP contribution in [0.1, 0.15) is 65.5 Å². The number of rotatable bonds is 4. The summed E-state index contributed by atoms with van der Waals surface area (Å²) in [5, 5.41) is 0. The molecule has 6 nitrogen and oxygen atoms in total. The maximum atomic E-state index is 12.7. The van der Waals surface area contributed by atoms with E-state index in [-0.39, 0.29) is 11.9 Å². The Morgan fingerprint density at radius 2 is 2.12 bits per heavy atom. The summed E-state index contributed by atoms with van der Waals surface area (Å²) in [5.74, 6) is 0.647. The highest BCUT2D eigenvalue weighted by Gasteiger charge is 2.33. The molecule has 1 atom stereocenters. The summed E-state index contributed by atoms with van der Waals surface area (Å²) in [6, 6.07) is 3.78. The van der Waals surface area contributed by atoms with Crippen LogP contribution in [0.5, 0.6) is 0 Å². The molecule has 0 aliphatic carbocycles. The van der Waals surface area contributed by atoms with Crippen LogP contribution in [0.4, 0.5) is 10.6 Å². The molecule has 2 rings (SSSR count). The highest BCUT2D eigenvalue weighted by Crippen LogP contribution is 2.36. The minimum atomic E-state index is -0.573. The molecule has 1 fully saturated rings. The second-order valence-electron chi connectivity index (χ2n) is 7.42. The first kappa shape index (κ1) is 19.2. The van der Waals surface area contributed by atoms with Gasteiger partial charge in [0.1, 0.15) is 11.4 Å². The molecule has 0 N–H and O–H groups in total. The van der Waals surface area contributed by atoms with Gasteiger partial charge in [0.2, 0.25) is 5.91 Å². The summed E-state index contributed by atoms with van der Waals surface area (Å²) < 4.78 is 5.57. The van der Waals surface area contributed by atoms with Crippen molar-refractivity contribution in [3.8, 4) is 0 Å². The zero-order valence-corrected chi connectivity index (χ0v) is 15.9. The van der Waals surface area contributed by atoms with Crippen molar-refractivity contribution < 1.29 is 14.3 Å². The summed E-state index contributed by atoms with van der Waals surface area (Å²) in [4.78, 5) is 32.6. The predicted molar refractivity (Wildman–Crippen MR) is 97.5 cm³/mol. The monoisotopic (exact) mass is 347 g/mol. The molecule has 1 aromatic heterocycles. The van der Waals surface area contributed by atoms with Crippen molar-refractivity contribution in [3.05, 3.63) is 23.9 Å². The third kappa shape index (κ3) is 4.71. The fourth-order valence-electron chi connectivity index (χ4n) is 3.19. The van der Waals surface area contributed by atoms with Gasteiger partial charge in [-0.1, -0.05) is 13.0 Å². The zero-order chi connectivity index (χ0) is 18.6. The van der Waals surface area contributed by atoms with Gasteiger partial charge in [0.15, 0.2) is 0 Å². The lowest BCUT2D eigenvalue weighted by Crippen LogP contribution is -2.39. The Morgan fingerprint density at radius 3 is 2.72 bits per heavy atom. The average molecular weight is 347 g/mol. The number of carbonyl (C=O) groups excluding carboxylic acids is 2. The number of hydrogen-bond acceptors (Lipinski definition) is 4. The van der Waals surface area contributed by atoms with Gasteiger partial charge in [0, 0.05) is 31.8 Å². The number of anilines is 1. The molecule has 138 valence electrons. The number of hydrogen-bond donors (Lipinski definition) is 0. The fourth-order valence-corrected chi connectivity index (χ4v) is 3.19. The van der Waals surface area contributed by atoms with E-state index >= 15 is 0 Å². The molecule has 0 aromatic carbocycles. The fraction of sp³-hybridized carbons (Fsp3) is 0.632. The Balaban J connectivity index is 2.39. The first-order valence-corrected chi connectivity index (χ1v) is 8.97. The molecule has 1 saturated heterocycles. The predicted octanol–water partition coefficient (Wildman–Crippen LogP) is 3.92. The lowest BCUT2D eigenvalue weighted by Gasteiger charge is -2.30. The minimum absolute atomic E-state index is 0.0389. The molecule has 6 heteroatoms. The van der Waals surface area contributed by atoms with Crippen LogP contribution in [0.2, 0.25) is 0 Å². The molecule has 0 unspecified atom stereocenters. The Labute approximate surface area is 150 Å². The van der Waals surface area contributed by atoms with Gasteiger partial charge in [-0.25, -0.2) is 9.78 Å². The second-order valence-corrected chi connectivity index (χ2v) is 7.42. The number of amides is 2. The van der Waals surface area contributed by atoms with Crippen LogP contribution in [0.25, 0.3) is 0 Å². The van der Waals surface area contributed by atoms with E-state index in [9.17, 15) is 9.59 Å². The number of aromatic nitrogens is 1. The topological polar surface area (TPSA) is 62.7 Å². The van der Waals surface area contributed by atoms with Gasteiger partial charge in [0.05, 0.1) is 6.04 Å². The molecular formula is C19H29N3O3. The highest BCUT2D eigenvalue weighted by molar-refractivity contribution is 5.88. The smallest absolute Gasteiger partial charge is 0.416 e. The van der Waals surface area contributed by atoms with Crippen molar-refractivity contribution in [3.63, 3.8) is 0 Å². The molecule has 0 spiro atoms. The molecule has 0 radical (unpaired) electrons. The van der Waals surface area contributed by atoms with Gasteiger partial charge >= 0.3 is 6.09 Å². The van der Waals surface area contributed by atoms with Crippen molar-refractivity contribution in [2.75, 3.05) is 18.0 Å². The maximum absolute atomic E-state index is 12.7. The maximum Gasteiger partial charge on any atom is 0.416 e. The van der Waals surface area contributed by atoms with Gasteiger partial charge in [-0.3, -0.25) is 9.69 Å². The standard InChI is InChI=1S/C19H29N3O3/c1-6-12-22(18(24)25-19(3,4)5)17-15(9-7-11-20-17)16-10-8-13-21(16)14(2)23/h7,9,11,16H,6,8,10,12-13H2,1-5H3/t16-/m1/s1. The van der Waals surface area contributed by atoms with Crippen molar-refractivity contribution in [1.29, 1.82) is 0 Å². The third-order valence-electron chi connectivity index (χ3n) is 4.15. The van der Waals surface area contributed by atoms with Crippen LogP contribution in [-0.2, 0) is 9.53 Å². The molecule has 2 heterocycles. The van der Waals surface area contributed by atoms with Crippen molar-refractivity contribution in [2.24, 2.45) is 0 Å². The number of pyridine rings is 1. The van der Waals surface area contributed by atoms with E-state index in [1.165, 1.54) is 0 Å². The first-order valence-electron chi connectivity index (χ1n) is 8.97. The van der Waals surface area contributed by atoms with E-state index in [4.69, 9.17) is 4.74 Å². The van der Waals surface area contributed by atoms with E-state index in [0.29, 0.717) is 12.4 Å². The molecule has 1 aliphatic rings. The van der Waals surface area contributed by atoms with Gasteiger partial charge in [-0.05, 0) is 46.1 Å². The number of likely N-dealkylation sites (tertiary alicyclic amines) is 1. The number of ether oxygens (including phenoxy) is 1. The van der Waals surface area contributed by atoms with Gasteiger partial charge in [-0.2, -0.15) is 0 Å². The SMILES string of the molecule is CCCN(C(=O)OC(C)(C)C)c1ncccc1[C@H]1CCCN1C(C)=O. The molecule has 1 aromatic rings. The Morgan fingerprint density at radius 1 is 1.40 bits per heavy atom. The molecule has 2 amide bonds. The van der Waals surface area contributed by atoms with Crippen molar-refractivity contribution >= 4 is 17.8 Å². The summed E-state index contributed by atoms with van der Waals surface area (Å²) in [6.45, 7) is 10.4. The average Bonchev–Trinajstić information content (AvgIpc) is 3.00. The molecular weight excluding hydrogens is 318 g/mol. The number of nitrogens with zero attached hydrogens (tertiary/aromatic N) is 3. The molecule has 0 saturated carbocycles. The lowest BCUT2D eigenvalue weighted by atomic mass is 10.0. The van der Waals surface area contributed by atoms with Crippen LogP contribution < -0.4 is 4.90 Å². The van der Waals surface area contributed by atoms with E-state index in [1.54, 1.807) is 18.0 Å². The van der Waals surface area contributed by atoms with Crippen LogP contribution in [0, 0.1) is 0 Å². The molecule has 1 aliphatic heterocycles. The lowest BCUT2D eigenvalue weighted by molar-refractivity contribution is -0.129. The summed E-state index contributed by atoms with van der Waals surface area (Å²) >= 11 is 0. The Hall–Kier alpha value is -2.11. The van der Waals surface area contributed by atoms with Gasteiger partial charge < -0.3 is 9.64 Å². The van der Waals surface area contributed by atoms with E-state index in [1.807, 2.05) is 44.7 Å². The minimum Gasteiger partial charge on any atom is -0.443 e. The van der Waals surface area contributed by atoms with Crippen LogP contribution in [-0.4, -0.2) is 40.6 Å². The highest BCUT2D eigenvalue weighted by atomic mass is 16.6. The van der Waals surface area contributed by atoms with Gasteiger partial charge in [0.25, 0.3) is 0 Å². The summed E-state index contributed by atoms with van der Waals surface area (Å²) in [6.07, 6.45) is 3.90.